The molecule has 168 valence electrons. The highest BCUT2D eigenvalue weighted by Crippen LogP contribution is 2.24. The molecule has 0 bridgehead atoms. The van der Waals surface area contributed by atoms with Gasteiger partial charge in [0.25, 0.3) is 5.91 Å². The molecule has 8 heteroatoms. The number of nitrogens with zero attached hydrogens (tertiary/aromatic N) is 1. The fraction of sp³-hybridized carbons (Fsp3) is 0.391. The SMILES string of the molecule is CC[C@@H](C)NC(=O)[C@@H](CC)N(Cc1ccc(Cl)c(Cl)c1)C(=O)COc1ccc(Br)cc1. The molecule has 0 spiro atoms. The predicted octanol–water partition coefficient (Wildman–Crippen LogP) is 5.86. The molecule has 0 fully saturated rings. The molecule has 5 nitrogen and oxygen atoms in total. The molecule has 0 radical (unpaired) electrons. The summed E-state index contributed by atoms with van der Waals surface area (Å²) < 4.78 is 6.59. The van der Waals surface area contributed by atoms with Crippen LogP contribution >= 0.6 is 39.1 Å². The van der Waals surface area contributed by atoms with Crippen LogP contribution in [-0.4, -0.2) is 35.4 Å². The van der Waals surface area contributed by atoms with E-state index in [0.717, 1.165) is 16.5 Å². The first-order valence-corrected chi connectivity index (χ1v) is 11.7. The molecule has 2 aromatic carbocycles. The van der Waals surface area contributed by atoms with E-state index in [1.807, 2.05) is 32.9 Å². The summed E-state index contributed by atoms with van der Waals surface area (Å²) in [4.78, 5) is 27.6. The average molecular weight is 530 g/mol. The number of nitrogens with one attached hydrogen (secondary N) is 1. The zero-order chi connectivity index (χ0) is 23.0. The van der Waals surface area contributed by atoms with Crippen LogP contribution in [0.5, 0.6) is 5.75 Å². The molecule has 2 atom stereocenters. The number of hydrogen-bond donors (Lipinski definition) is 1. The van der Waals surface area contributed by atoms with Gasteiger partial charge in [0.15, 0.2) is 6.61 Å². The van der Waals surface area contributed by atoms with Gasteiger partial charge >= 0.3 is 0 Å². The normalized spacial score (nSPS) is 12.7. The van der Waals surface area contributed by atoms with E-state index in [1.165, 1.54) is 4.90 Å². The molecule has 0 heterocycles. The molecule has 2 rings (SSSR count). The lowest BCUT2D eigenvalue weighted by molar-refractivity contribution is -0.143. The molecule has 31 heavy (non-hydrogen) atoms. The number of ether oxygens (including phenoxy) is 1. The molecule has 1 N–H and O–H groups in total. The molecule has 0 unspecified atom stereocenters. The standard InChI is InChI=1S/C23H27BrCl2N2O3/c1-4-15(3)27-23(30)21(5-2)28(13-16-6-11-19(25)20(26)12-16)22(29)14-31-18-9-7-17(24)8-10-18/h6-12,15,21H,4-5,13-14H2,1-3H3,(H,27,30)/t15-,21-/m1/s1. The molecule has 0 aromatic heterocycles. The second-order valence-corrected chi connectivity index (χ2v) is 8.98. The van der Waals surface area contributed by atoms with Crippen molar-refractivity contribution in [1.82, 2.24) is 10.2 Å². The zero-order valence-corrected chi connectivity index (χ0v) is 20.9. The number of amides is 2. The molecule has 0 aliphatic carbocycles. The quantitative estimate of drug-likeness (QED) is 0.419. The van der Waals surface area contributed by atoms with Crippen molar-refractivity contribution in [2.45, 2.75) is 52.2 Å². The van der Waals surface area contributed by atoms with Crippen molar-refractivity contribution < 1.29 is 14.3 Å². The van der Waals surface area contributed by atoms with Crippen molar-refractivity contribution >= 4 is 50.9 Å². The fourth-order valence-electron chi connectivity index (χ4n) is 2.95. The number of halogens is 3. The minimum Gasteiger partial charge on any atom is -0.484 e. The number of benzene rings is 2. The van der Waals surface area contributed by atoms with E-state index < -0.39 is 6.04 Å². The largest absolute Gasteiger partial charge is 0.484 e. The van der Waals surface area contributed by atoms with Gasteiger partial charge in [-0.15, -0.1) is 0 Å². The van der Waals surface area contributed by atoms with Gasteiger partial charge in [-0.3, -0.25) is 9.59 Å². The summed E-state index contributed by atoms with van der Waals surface area (Å²) in [6.45, 7) is 5.84. The maximum atomic E-state index is 13.2. The Kier molecular flexibility index (Phi) is 10.1. The van der Waals surface area contributed by atoms with E-state index in [2.05, 4.69) is 21.2 Å². The zero-order valence-electron chi connectivity index (χ0n) is 17.8. The van der Waals surface area contributed by atoms with Crippen molar-refractivity contribution in [3.05, 3.63) is 62.5 Å². The van der Waals surface area contributed by atoms with Crippen molar-refractivity contribution in [3.8, 4) is 5.75 Å². The van der Waals surface area contributed by atoms with Crippen LogP contribution in [0, 0.1) is 0 Å². The van der Waals surface area contributed by atoms with Crippen molar-refractivity contribution in [2.75, 3.05) is 6.61 Å². The van der Waals surface area contributed by atoms with E-state index in [0.29, 0.717) is 22.2 Å². The Morgan fingerprint density at radius 2 is 1.74 bits per heavy atom. The lowest BCUT2D eigenvalue weighted by atomic mass is 10.1. The second kappa shape index (κ2) is 12.3. The Morgan fingerprint density at radius 1 is 1.06 bits per heavy atom. The minimum absolute atomic E-state index is 0.0162. The van der Waals surface area contributed by atoms with E-state index >= 15 is 0 Å². The monoisotopic (exact) mass is 528 g/mol. The van der Waals surface area contributed by atoms with Gasteiger partial charge in [-0.25, -0.2) is 0 Å². The third-order valence-electron chi connectivity index (χ3n) is 4.90. The smallest absolute Gasteiger partial charge is 0.261 e. The van der Waals surface area contributed by atoms with Crippen molar-refractivity contribution in [3.63, 3.8) is 0 Å². The highest BCUT2D eigenvalue weighted by Gasteiger charge is 2.29. The van der Waals surface area contributed by atoms with Gasteiger partial charge in [-0.2, -0.15) is 0 Å². The molecule has 0 aliphatic rings. The van der Waals surface area contributed by atoms with Crippen LogP contribution < -0.4 is 10.1 Å². The maximum Gasteiger partial charge on any atom is 0.261 e. The Hall–Kier alpha value is -1.76. The maximum absolute atomic E-state index is 13.2. The van der Waals surface area contributed by atoms with Crippen molar-refractivity contribution in [1.29, 1.82) is 0 Å². The van der Waals surface area contributed by atoms with Gasteiger partial charge in [-0.1, -0.05) is 59.0 Å². The van der Waals surface area contributed by atoms with Crippen LogP contribution in [0.2, 0.25) is 10.0 Å². The summed E-state index contributed by atoms with van der Waals surface area (Å²) in [6, 6.07) is 11.8. The van der Waals surface area contributed by atoms with Gasteiger partial charge in [0.2, 0.25) is 5.91 Å². The molecule has 0 saturated heterocycles. The van der Waals surface area contributed by atoms with E-state index in [4.69, 9.17) is 27.9 Å². The van der Waals surface area contributed by atoms with Crippen LogP contribution in [-0.2, 0) is 16.1 Å². The Labute approximate surface area is 202 Å². The third-order valence-corrected chi connectivity index (χ3v) is 6.17. The Morgan fingerprint density at radius 3 is 2.32 bits per heavy atom. The van der Waals surface area contributed by atoms with Gasteiger partial charge in [0.05, 0.1) is 10.0 Å². The van der Waals surface area contributed by atoms with Gasteiger partial charge in [-0.05, 0) is 61.7 Å². The Balaban J connectivity index is 2.23. The molecule has 2 amide bonds. The lowest BCUT2D eigenvalue weighted by Gasteiger charge is -2.31. The van der Waals surface area contributed by atoms with Crippen LogP contribution in [0.1, 0.15) is 39.2 Å². The van der Waals surface area contributed by atoms with Gasteiger partial charge < -0.3 is 15.0 Å². The summed E-state index contributed by atoms with van der Waals surface area (Å²) in [6.07, 6.45) is 1.27. The number of rotatable bonds is 10. The molecular formula is C23H27BrCl2N2O3. The van der Waals surface area contributed by atoms with E-state index in [-0.39, 0.29) is 31.0 Å². The van der Waals surface area contributed by atoms with Gasteiger partial charge in [0, 0.05) is 17.1 Å². The van der Waals surface area contributed by atoms with Crippen LogP contribution in [0.3, 0.4) is 0 Å². The molecular weight excluding hydrogens is 503 g/mol. The third kappa shape index (κ3) is 7.70. The first-order valence-electron chi connectivity index (χ1n) is 10.2. The minimum atomic E-state index is -0.635. The number of hydrogen-bond acceptors (Lipinski definition) is 3. The first kappa shape index (κ1) is 25.5. The summed E-state index contributed by atoms with van der Waals surface area (Å²) in [5.41, 5.74) is 0.779. The molecule has 0 aliphatic heterocycles. The topological polar surface area (TPSA) is 58.6 Å². The van der Waals surface area contributed by atoms with Crippen LogP contribution in [0.25, 0.3) is 0 Å². The Bertz CT molecular complexity index is 893. The summed E-state index contributed by atoms with van der Waals surface area (Å²) in [5, 5.41) is 3.81. The highest BCUT2D eigenvalue weighted by molar-refractivity contribution is 9.10. The number of carbonyl (C=O) groups excluding carboxylic acids is 2. The van der Waals surface area contributed by atoms with Crippen LogP contribution in [0.4, 0.5) is 0 Å². The fourth-order valence-corrected chi connectivity index (χ4v) is 3.54. The van der Waals surface area contributed by atoms with E-state index in [1.54, 1.807) is 30.3 Å². The average Bonchev–Trinajstić information content (AvgIpc) is 2.75. The predicted molar refractivity (Wildman–Crippen MR) is 129 cm³/mol. The second-order valence-electron chi connectivity index (χ2n) is 7.25. The van der Waals surface area contributed by atoms with E-state index in [9.17, 15) is 9.59 Å². The van der Waals surface area contributed by atoms with Gasteiger partial charge in [0.1, 0.15) is 11.8 Å². The first-order chi connectivity index (χ1) is 14.7. The molecule has 0 saturated carbocycles. The summed E-state index contributed by atoms with van der Waals surface area (Å²) in [5.74, 6) is 0.0946. The van der Waals surface area contributed by atoms with Crippen LogP contribution in [0.15, 0.2) is 46.9 Å². The van der Waals surface area contributed by atoms with Crippen molar-refractivity contribution in [2.24, 2.45) is 0 Å². The molecule has 2 aromatic rings. The summed E-state index contributed by atoms with van der Waals surface area (Å²) in [7, 11) is 0. The highest BCUT2D eigenvalue weighted by atomic mass is 79.9. The number of carbonyl (C=O) groups is 2. The lowest BCUT2D eigenvalue weighted by Crippen LogP contribution is -2.51. The summed E-state index contributed by atoms with van der Waals surface area (Å²) >= 11 is 15.5.